The molecule has 0 aliphatic carbocycles. The lowest BCUT2D eigenvalue weighted by molar-refractivity contribution is -0.113. The highest BCUT2D eigenvalue weighted by Gasteiger charge is 2.34. The lowest BCUT2D eigenvalue weighted by Crippen LogP contribution is -2.28. The number of nitrogens with zero attached hydrogens (tertiary/aromatic N) is 2. The van der Waals surface area contributed by atoms with Crippen molar-refractivity contribution < 1.29 is 23.7 Å². The van der Waals surface area contributed by atoms with Crippen LogP contribution < -0.4 is 23.8 Å². The number of carbonyl (C=O) groups is 1. The monoisotopic (exact) mass is 720 g/mol. The first kappa shape index (κ1) is 32.9. The molecule has 0 unspecified atom stereocenters. The molecule has 242 valence electrons. The van der Waals surface area contributed by atoms with Gasteiger partial charge in [-0.15, -0.1) is 0 Å². The average Bonchev–Trinajstić information content (AvgIpc) is 3.41. The summed E-state index contributed by atoms with van der Waals surface area (Å²) in [7, 11) is 1.59. The van der Waals surface area contributed by atoms with Crippen LogP contribution in [0.3, 0.4) is 0 Å². The van der Waals surface area contributed by atoms with Crippen LogP contribution in [0.4, 0.5) is 11.4 Å². The van der Waals surface area contributed by atoms with E-state index in [4.69, 9.17) is 23.9 Å². The second kappa shape index (κ2) is 15.7. The van der Waals surface area contributed by atoms with Gasteiger partial charge < -0.3 is 18.9 Å². The van der Waals surface area contributed by atoms with Crippen molar-refractivity contribution >= 4 is 56.2 Å². The van der Waals surface area contributed by atoms with E-state index < -0.39 is 0 Å². The van der Waals surface area contributed by atoms with Crippen molar-refractivity contribution in [3.63, 3.8) is 0 Å². The molecule has 0 atom stereocenters. The highest BCUT2D eigenvalue weighted by molar-refractivity contribution is 9.10. The molecule has 6 rings (SSSR count). The number of hydrogen-bond donors (Lipinski definition) is 0. The van der Waals surface area contributed by atoms with Crippen LogP contribution in [0.2, 0.25) is 0 Å². The fourth-order valence-electron chi connectivity index (χ4n) is 5.00. The van der Waals surface area contributed by atoms with Crippen LogP contribution in [0.25, 0.3) is 6.08 Å². The van der Waals surface area contributed by atoms with E-state index >= 15 is 0 Å². The zero-order valence-corrected chi connectivity index (χ0v) is 28.9. The van der Waals surface area contributed by atoms with Crippen LogP contribution in [0.1, 0.15) is 23.6 Å². The number of carbonyl (C=O) groups excluding carboxylic acids is 1. The van der Waals surface area contributed by atoms with Gasteiger partial charge in [-0.3, -0.25) is 9.69 Å². The third-order valence-electron chi connectivity index (χ3n) is 7.28. The number of hydrogen-bond acceptors (Lipinski definition) is 7. The first-order valence-electron chi connectivity index (χ1n) is 15.4. The maximum Gasteiger partial charge on any atom is 0.271 e. The maximum atomic E-state index is 13.8. The molecule has 0 bridgehead atoms. The molecule has 7 nitrogen and oxygen atoms in total. The number of halogens is 1. The minimum atomic E-state index is -0.155. The molecule has 1 aliphatic rings. The summed E-state index contributed by atoms with van der Waals surface area (Å²) in [6, 6.07) is 38.7. The minimum absolute atomic E-state index is 0.155. The van der Waals surface area contributed by atoms with Gasteiger partial charge in [0.25, 0.3) is 5.91 Å². The second-order valence-electron chi connectivity index (χ2n) is 10.6. The number of amides is 1. The molecule has 1 heterocycles. The van der Waals surface area contributed by atoms with Crippen LogP contribution in [-0.2, 0) is 18.0 Å². The summed E-state index contributed by atoms with van der Waals surface area (Å²) in [6.07, 6.45) is 1.84. The fourth-order valence-corrected chi connectivity index (χ4v) is 6.58. The molecule has 1 aliphatic heterocycles. The summed E-state index contributed by atoms with van der Waals surface area (Å²) in [5.74, 6) is 2.24. The summed E-state index contributed by atoms with van der Waals surface area (Å²) in [4.78, 5) is 20.7. The number of ether oxygens (including phenoxy) is 4. The molecular formula is C39H33BrN2O5S. The molecule has 1 fully saturated rings. The second-order valence-corrected chi connectivity index (χ2v) is 12.5. The molecule has 5 aromatic carbocycles. The van der Waals surface area contributed by atoms with Crippen molar-refractivity contribution in [2.24, 2.45) is 4.99 Å². The van der Waals surface area contributed by atoms with E-state index in [-0.39, 0.29) is 12.5 Å². The number of para-hydroxylation sites is 2. The van der Waals surface area contributed by atoms with Gasteiger partial charge in [0.1, 0.15) is 13.2 Å². The number of methoxy groups -OCH3 is 1. The topological polar surface area (TPSA) is 69.6 Å². The van der Waals surface area contributed by atoms with Gasteiger partial charge in [-0.1, -0.05) is 72.8 Å². The van der Waals surface area contributed by atoms with Gasteiger partial charge in [0, 0.05) is 0 Å². The van der Waals surface area contributed by atoms with Crippen LogP contribution in [0.5, 0.6) is 23.0 Å². The summed E-state index contributed by atoms with van der Waals surface area (Å²) < 4.78 is 24.6. The smallest absolute Gasteiger partial charge is 0.271 e. The highest BCUT2D eigenvalue weighted by atomic mass is 79.9. The number of rotatable bonds is 12. The number of anilines is 1. The Morgan fingerprint density at radius 2 is 1.44 bits per heavy atom. The zero-order chi connectivity index (χ0) is 33.3. The Bertz CT molecular complexity index is 1940. The first-order chi connectivity index (χ1) is 23.5. The highest BCUT2D eigenvalue weighted by Crippen LogP contribution is 2.41. The summed E-state index contributed by atoms with van der Waals surface area (Å²) in [5, 5.41) is 0.581. The summed E-state index contributed by atoms with van der Waals surface area (Å²) >= 11 is 5.00. The largest absolute Gasteiger partial charge is 0.493 e. The predicted molar refractivity (Wildman–Crippen MR) is 196 cm³/mol. The van der Waals surface area contributed by atoms with Crippen molar-refractivity contribution in [3.05, 3.63) is 147 Å². The fraction of sp³-hybridized carbons (Fsp3) is 0.128. The van der Waals surface area contributed by atoms with Crippen molar-refractivity contribution in [1.29, 1.82) is 0 Å². The molecule has 0 aromatic heterocycles. The normalized spacial score (nSPS) is 14.4. The van der Waals surface area contributed by atoms with Gasteiger partial charge >= 0.3 is 0 Å². The van der Waals surface area contributed by atoms with Crippen LogP contribution in [0, 0.1) is 0 Å². The van der Waals surface area contributed by atoms with E-state index in [0.717, 1.165) is 28.1 Å². The van der Waals surface area contributed by atoms with Gasteiger partial charge in [-0.2, -0.15) is 0 Å². The van der Waals surface area contributed by atoms with Crippen LogP contribution in [0.15, 0.2) is 136 Å². The lowest BCUT2D eigenvalue weighted by atomic mass is 10.1. The molecule has 48 heavy (non-hydrogen) atoms. The Hall–Kier alpha value is -4.99. The third-order valence-corrected chi connectivity index (χ3v) is 8.84. The molecule has 0 radical (unpaired) electrons. The lowest BCUT2D eigenvalue weighted by Gasteiger charge is -2.16. The Morgan fingerprint density at radius 1 is 0.750 bits per heavy atom. The van der Waals surface area contributed by atoms with Crippen molar-refractivity contribution in [2.45, 2.75) is 20.1 Å². The molecule has 0 N–H and O–H groups in total. The Labute approximate surface area is 293 Å². The van der Waals surface area contributed by atoms with Gasteiger partial charge in [-0.05, 0) is 106 Å². The van der Waals surface area contributed by atoms with E-state index in [1.807, 2.05) is 134 Å². The van der Waals surface area contributed by atoms with Gasteiger partial charge in [0.05, 0.1) is 34.5 Å². The molecule has 0 spiro atoms. The Kier molecular flexibility index (Phi) is 10.8. The van der Waals surface area contributed by atoms with Crippen molar-refractivity contribution in [1.82, 2.24) is 0 Å². The van der Waals surface area contributed by atoms with E-state index in [0.29, 0.717) is 50.8 Å². The van der Waals surface area contributed by atoms with E-state index in [9.17, 15) is 4.79 Å². The van der Waals surface area contributed by atoms with Gasteiger partial charge in [0.15, 0.2) is 28.2 Å². The van der Waals surface area contributed by atoms with Gasteiger partial charge in [0.2, 0.25) is 0 Å². The molecular weight excluding hydrogens is 688 g/mol. The number of aliphatic imine (C=N–C) groups is 1. The van der Waals surface area contributed by atoms with E-state index in [1.165, 1.54) is 11.8 Å². The molecule has 5 aromatic rings. The predicted octanol–water partition coefficient (Wildman–Crippen LogP) is 9.82. The SMILES string of the molecule is CCOc1cc(COc2c(Br)cc(/C=C3/SC(=Nc4ccccc4)N(c4ccccc4)C3=O)cc2OC)ccc1OCc1ccccc1. The quantitative estimate of drug-likeness (QED) is 0.120. The average molecular weight is 722 g/mol. The number of amidine groups is 1. The number of thioether (sulfide) groups is 1. The molecule has 1 saturated heterocycles. The van der Waals surface area contributed by atoms with Crippen molar-refractivity contribution in [2.75, 3.05) is 18.6 Å². The zero-order valence-electron chi connectivity index (χ0n) is 26.5. The van der Waals surface area contributed by atoms with Crippen LogP contribution in [-0.4, -0.2) is 24.8 Å². The Balaban J connectivity index is 1.21. The minimum Gasteiger partial charge on any atom is -0.493 e. The van der Waals surface area contributed by atoms with Crippen molar-refractivity contribution in [3.8, 4) is 23.0 Å². The summed E-state index contributed by atoms with van der Waals surface area (Å²) in [6.45, 7) is 3.16. The standard InChI is InChI=1S/C39H33BrN2O5S/c1-3-45-34-22-28(19-20-33(34)46-25-27-13-7-4-8-14-27)26-47-37-32(40)21-29(23-35(37)44-2)24-36-38(43)42(31-17-11-6-12-18-31)39(48-36)41-30-15-9-5-10-16-30/h4-24H,3,25-26H2,1-2H3/b36-24+,41-39?. The molecule has 9 heteroatoms. The molecule has 0 saturated carbocycles. The van der Waals surface area contributed by atoms with E-state index in [1.54, 1.807) is 12.0 Å². The maximum absolute atomic E-state index is 13.8. The number of benzene rings is 5. The van der Waals surface area contributed by atoms with Crippen LogP contribution >= 0.6 is 27.7 Å². The van der Waals surface area contributed by atoms with Gasteiger partial charge in [-0.25, -0.2) is 4.99 Å². The Morgan fingerprint density at radius 3 is 2.15 bits per heavy atom. The summed E-state index contributed by atoms with van der Waals surface area (Å²) in [5.41, 5.74) is 4.27. The molecule has 1 amide bonds. The van der Waals surface area contributed by atoms with E-state index in [2.05, 4.69) is 15.9 Å². The third kappa shape index (κ3) is 7.93. The first-order valence-corrected chi connectivity index (χ1v) is 17.0.